The molecule has 3 aromatic rings. The van der Waals surface area contributed by atoms with Gasteiger partial charge in [-0.2, -0.15) is 0 Å². The van der Waals surface area contributed by atoms with Crippen molar-refractivity contribution in [2.24, 2.45) is 0 Å². The lowest BCUT2D eigenvalue weighted by Gasteiger charge is -2.13. The van der Waals surface area contributed by atoms with E-state index in [2.05, 4.69) is 31.9 Å². The monoisotopic (exact) mass is 557 g/mol. The number of imide groups is 1. The van der Waals surface area contributed by atoms with Crippen LogP contribution in [0.4, 0.5) is 4.79 Å². The number of ether oxygens (including phenoxy) is 1. The minimum atomic E-state index is -0.286. The van der Waals surface area contributed by atoms with Crippen LogP contribution in [-0.4, -0.2) is 16.0 Å². The lowest BCUT2D eigenvalue weighted by atomic mass is 10.2. The van der Waals surface area contributed by atoms with E-state index in [4.69, 9.17) is 4.74 Å². The average molecular weight is 559 g/mol. The maximum Gasteiger partial charge on any atom is 0.293 e. The van der Waals surface area contributed by atoms with Gasteiger partial charge in [-0.15, -0.1) is 0 Å². The number of hydrogen-bond acceptors (Lipinski definition) is 4. The highest BCUT2D eigenvalue weighted by Crippen LogP contribution is 2.35. The van der Waals surface area contributed by atoms with Crippen molar-refractivity contribution >= 4 is 60.8 Å². The van der Waals surface area contributed by atoms with E-state index in [1.165, 1.54) is 4.90 Å². The van der Waals surface area contributed by atoms with Gasteiger partial charge in [-0.1, -0.05) is 70.5 Å². The van der Waals surface area contributed by atoms with Gasteiger partial charge in [-0.05, 0) is 68.7 Å². The molecule has 3 aromatic carbocycles. The van der Waals surface area contributed by atoms with Gasteiger partial charge in [0.05, 0.1) is 15.9 Å². The van der Waals surface area contributed by atoms with Crippen LogP contribution in [-0.2, 0) is 17.9 Å². The van der Waals surface area contributed by atoms with Crippen LogP contribution in [0.2, 0.25) is 0 Å². The van der Waals surface area contributed by atoms with E-state index >= 15 is 0 Å². The van der Waals surface area contributed by atoms with Gasteiger partial charge in [0.2, 0.25) is 0 Å². The van der Waals surface area contributed by atoms with Gasteiger partial charge in [-0.25, -0.2) is 0 Å². The van der Waals surface area contributed by atoms with Gasteiger partial charge in [0.1, 0.15) is 12.4 Å². The van der Waals surface area contributed by atoms with E-state index < -0.39 is 0 Å². The smallest absolute Gasteiger partial charge is 0.293 e. The van der Waals surface area contributed by atoms with Crippen LogP contribution in [0.5, 0.6) is 5.75 Å². The summed E-state index contributed by atoms with van der Waals surface area (Å²) in [5, 5.41) is -0.270. The fourth-order valence-electron chi connectivity index (χ4n) is 3.04. The molecule has 0 unspecified atom stereocenters. The normalized spacial score (nSPS) is 15.0. The van der Waals surface area contributed by atoms with Gasteiger partial charge in [0.25, 0.3) is 11.1 Å². The summed E-state index contributed by atoms with van der Waals surface area (Å²) in [6.45, 7) is 0.701. The van der Waals surface area contributed by atoms with Crippen molar-refractivity contribution in [3.8, 4) is 5.75 Å². The highest BCUT2D eigenvalue weighted by Gasteiger charge is 2.35. The molecule has 2 amide bonds. The Hall–Kier alpha value is -2.35. The number of rotatable bonds is 6. The molecule has 0 spiro atoms. The summed E-state index contributed by atoms with van der Waals surface area (Å²) in [6.07, 6.45) is 1.73. The number of carbonyl (C=O) groups is 2. The van der Waals surface area contributed by atoms with Crippen molar-refractivity contribution in [3.05, 3.63) is 103 Å². The SMILES string of the molecule is O=C1S/C(=C\c2ccc(OCc3ccccc3)c(Br)c2)C(=O)N1Cc1ccccc1Br. The molecule has 0 bridgehead atoms. The number of benzene rings is 3. The molecular weight excluding hydrogens is 542 g/mol. The van der Waals surface area contributed by atoms with Crippen LogP contribution < -0.4 is 4.74 Å². The number of thioether (sulfide) groups is 1. The third kappa shape index (κ3) is 5.29. The second-order valence-corrected chi connectivity index (χ2v) is 9.53. The third-order valence-corrected chi connectivity index (χ3v) is 6.95. The molecule has 0 N–H and O–H groups in total. The predicted molar refractivity (Wildman–Crippen MR) is 131 cm³/mol. The first kappa shape index (κ1) is 21.9. The van der Waals surface area contributed by atoms with Gasteiger partial charge in [0.15, 0.2) is 0 Å². The fraction of sp³-hybridized carbons (Fsp3) is 0.0833. The van der Waals surface area contributed by atoms with E-state index in [1.54, 1.807) is 6.08 Å². The molecule has 0 radical (unpaired) electrons. The maximum atomic E-state index is 12.8. The van der Waals surface area contributed by atoms with Gasteiger partial charge < -0.3 is 4.74 Å². The second kappa shape index (κ2) is 9.85. The highest BCUT2D eigenvalue weighted by atomic mass is 79.9. The Balaban J connectivity index is 1.47. The van der Waals surface area contributed by atoms with E-state index in [-0.39, 0.29) is 17.7 Å². The quantitative estimate of drug-likeness (QED) is 0.305. The Bertz CT molecular complexity index is 1160. The van der Waals surface area contributed by atoms with Crippen molar-refractivity contribution in [1.82, 2.24) is 4.90 Å². The molecular formula is C24H17Br2NO3S. The van der Waals surface area contributed by atoms with E-state index in [0.717, 1.165) is 37.4 Å². The van der Waals surface area contributed by atoms with E-state index in [1.807, 2.05) is 72.8 Å². The van der Waals surface area contributed by atoms with Crippen LogP contribution in [0.1, 0.15) is 16.7 Å². The number of hydrogen-bond donors (Lipinski definition) is 0. The molecule has 0 saturated carbocycles. The minimum Gasteiger partial charge on any atom is -0.488 e. The van der Waals surface area contributed by atoms with Crippen molar-refractivity contribution in [2.75, 3.05) is 0 Å². The number of halogens is 2. The van der Waals surface area contributed by atoms with Crippen LogP contribution in [0.3, 0.4) is 0 Å². The summed E-state index contributed by atoms with van der Waals surface area (Å²) in [4.78, 5) is 26.9. The second-order valence-electron chi connectivity index (χ2n) is 6.82. The number of nitrogens with zero attached hydrogens (tertiary/aromatic N) is 1. The molecule has 4 rings (SSSR count). The van der Waals surface area contributed by atoms with Gasteiger partial charge in [-0.3, -0.25) is 14.5 Å². The topological polar surface area (TPSA) is 46.6 Å². The molecule has 4 nitrogen and oxygen atoms in total. The molecule has 0 aliphatic carbocycles. The summed E-state index contributed by atoms with van der Waals surface area (Å²) in [6, 6.07) is 23.1. The Morgan fingerprint density at radius 2 is 1.65 bits per heavy atom. The summed E-state index contributed by atoms with van der Waals surface area (Å²) < 4.78 is 7.52. The first-order chi connectivity index (χ1) is 15.0. The van der Waals surface area contributed by atoms with Gasteiger partial charge >= 0.3 is 0 Å². The standard InChI is InChI=1S/C24H17Br2NO3S/c25-19-9-5-4-8-18(19)14-27-23(28)22(31-24(27)29)13-17-10-11-21(20(26)12-17)30-15-16-6-2-1-3-7-16/h1-13H,14-15H2/b22-13-. The Morgan fingerprint density at radius 1 is 0.903 bits per heavy atom. The van der Waals surface area contributed by atoms with Crippen molar-refractivity contribution in [2.45, 2.75) is 13.2 Å². The molecule has 0 atom stereocenters. The number of amides is 2. The summed E-state index contributed by atoms with van der Waals surface area (Å²) in [7, 11) is 0. The molecule has 1 fully saturated rings. The first-order valence-corrected chi connectivity index (χ1v) is 11.9. The summed E-state index contributed by atoms with van der Waals surface area (Å²) in [5.74, 6) is 0.425. The van der Waals surface area contributed by atoms with Crippen LogP contribution in [0.15, 0.2) is 86.6 Å². The Morgan fingerprint density at radius 3 is 2.39 bits per heavy atom. The minimum absolute atomic E-state index is 0.236. The summed E-state index contributed by atoms with van der Waals surface area (Å²) >= 11 is 7.96. The van der Waals surface area contributed by atoms with Crippen LogP contribution >= 0.6 is 43.6 Å². The molecule has 1 saturated heterocycles. The van der Waals surface area contributed by atoms with E-state index in [0.29, 0.717) is 17.3 Å². The lowest BCUT2D eigenvalue weighted by Crippen LogP contribution is -2.27. The molecule has 156 valence electrons. The van der Waals surface area contributed by atoms with Crippen molar-refractivity contribution < 1.29 is 14.3 Å². The zero-order valence-corrected chi connectivity index (χ0v) is 20.2. The van der Waals surface area contributed by atoms with Crippen LogP contribution in [0.25, 0.3) is 6.08 Å². The molecule has 1 heterocycles. The zero-order valence-electron chi connectivity index (χ0n) is 16.3. The predicted octanol–water partition coefficient (Wildman–Crippen LogP) is 7.03. The molecule has 31 heavy (non-hydrogen) atoms. The molecule has 0 aromatic heterocycles. The lowest BCUT2D eigenvalue weighted by molar-refractivity contribution is -0.123. The molecule has 7 heteroatoms. The molecule has 1 aliphatic rings. The highest BCUT2D eigenvalue weighted by molar-refractivity contribution is 9.10. The Labute approximate surface area is 201 Å². The van der Waals surface area contributed by atoms with Crippen molar-refractivity contribution in [3.63, 3.8) is 0 Å². The zero-order chi connectivity index (χ0) is 21.8. The Kier molecular flexibility index (Phi) is 6.95. The first-order valence-electron chi connectivity index (χ1n) is 9.46. The summed E-state index contributed by atoms with van der Waals surface area (Å²) in [5.41, 5.74) is 2.77. The average Bonchev–Trinajstić information content (AvgIpc) is 3.03. The third-order valence-electron chi connectivity index (χ3n) is 4.65. The molecule has 1 aliphatic heterocycles. The fourth-order valence-corrected chi connectivity index (χ4v) is 4.80. The largest absolute Gasteiger partial charge is 0.488 e. The van der Waals surface area contributed by atoms with Crippen molar-refractivity contribution in [1.29, 1.82) is 0 Å². The van der Waals surface area contributed by atoms with Crippen LogP contribution in [0, 0.1) is 0 Å². The maximum absolute atomic E-state index is 12.8. The van der Waals surface area contributed by atoms with Gasteiger partial charge in [0, 0.05) is 4.47 Å². The number of carbonyl (C=O) groups excluding carboxylic acids is 2. The van der Waals surface area contributed by atoms with E-state index in [9.17, 15) is 9.59 Å².